The average Bonchev–Trinajstić information content (AvgIpc) is 2.35. The van der Waals surface area contributed by atoms with Gasteiger partial charge in [0, 0.05) is 18.8 Å². The van der Waals surface area contributed by atoms with E-state index >= 15 is 0 Å². The van der Waals surface area contributed by atoms with Crippen LogP contribution in [-0.2, 0) is 0 Å². The molecule has 1 aromatic carbocycles. The first-order chi connectivity index (χ1) is 7.88. The van der Waals surface area contributed by atoms with E-state index in [0.717, 1.165) is 12.3 Å². The summed E-state index contributed by atoms with van der Waals surface area (Å²) < 4.78 is 0. The van der Waals surface area contributed by atoms with E-state index in [2.05, 4.69) is 54.8 Å². The van der Waals surface area contributed by atoms with Crippen molar-refractivity contribution in [1.82, 2.24) is 0 Å². The van der Waals surface area contributed by atoms with Gasteiger partial charge in [0.1, 0.15) is 0 Å². The van der Waals surface area contributed by atoms with Gasteiger partial charge in [-0.2, -0.15) is 12.6 Å². The van der Waals surface area contributed by atoms with Gasteiger partial charge in [-0.25, -0.2) is 0 Å². The highest BCUT2D eigenvalue weighted by Crippen LogP contribution is 2.14. The van der Waals surface area contributed by atoms with Crippen molar-refractivity contribution in [3.63, 3.8) is 0 Å². The number of benzene rings is 1. The third-order valence-corrected chi connectivity index (χ3v) is 3.16. The summed E-state index contributed by atoms with van der Waals surface area (Å²) in [5.41, 5.74) is 1.35. The summed E-state index contributed by atoms with van der Waals surface area (Å²) in [5.74, 6) is 1.02. The van der Waals surface area contributed by atoms with Gasteiger partial charge in [-0.1, -0.05) is 31.0 Å². The fourth-order valence-electron chi connectivity index (χ4n) is 1.88. The molecule has 90 valence electrons. The van der Waals surface area contributed by atoms with Crippen molar-refractivity contribution in [2.75, 3.05) is 23.7 Å². The van der Waals surface area contributed by atoms with Gasteiger partial charge in [-0.15, -0.1) is 0 Å². The second-order valence-electron chi connectivity index (χ2n) is 4.05. The molecule has 0 aromatic heterocycles. The van der Waals surface area contributed by atoms with Crippen LogP contribution in [0.5, 0.6) is 0 Å². The molecular weight excluding hydrogens is 214 g/mol. The summed E-state index contributed by atoms with van der Waals surface area (Å²) in [5, 5.41) is 0. The van der Waals surface area contributed by atoms with E-state index in [4.69, 9.17) is 0 Å². The minimum Gasteiger partial charge on any atom is -0.372 e. The molecule has 0 saturated carbocycles. The molecule has 0 unspecified atom stereocenters. The Kier molecular flexibility index (Phi) is 7.15. The molecule has 0 radical (unpaired) electrons. The minimum atomic E-state index is 1.02. The maximum Gasteiger partial charge on any atom is 0.0366 e. The van der Waals surface area contributed by atoms with Crippen LogP contribution in [0, 0.1) is 0 Å². The predicted octanol–water partition coefficient (Wildman–Crippen LogP) is 4.00. The second kappa shape index (κ2) is 8.51. The Balaban J connectivity index is 2.27. The highest BCUT2D eigenvalue weighted by molar-refractivity contribution is 7.80. The Morgan fingerprint density at radius 1 is 1.00 bits per heavy atom. The molecule has 0 heterocycles. The van der Waals surface area contributed by atoms with Gasteiger partial charge in [0.05, 0.1) is 0 Å². The normalized spacial score (nSPS) is 10.4. The molecule has 0 spiro atoms. The summed E-state index contributed by atoms with van der Waals surface area (Å²) in [6, 6.07) is 10.7. The Bertz CT molecular complexity index is 261. The maximum atomic E-state index is 4.23. The van der Waals surface area contributed by atoms with Crippen LogP contribution in [0.3, 0.4) is 0 Å². The van der Waals surface area contributed by atoms with Crippen LogP contribution in [0.1, 0.15) is 32.6 Å². The number of hydrogen-bond acceptors (Lipinski definition) is 2. The summed E-state index contributed by atoms with van der Waals surface area (Å²) in [4.78, 5) is 2.45. The van der Waals surface area contributed by atoms with E-state index in [0.29, 0.717) is 0 Å². The predicted molar refractivity (Wildman–Crippen MR) is 76.7 cm³/mol. The first kappa shape index (κ1) is 13.4. The van der Waals surface area contributed by atoms with Crippen molar-refractivity contribution in [2.45, 2.75) is 32.6 Å². The monoisotopic (exact) mass is 237 g/mol. The van der Waals surface area contributed by atoms with Crippen molar-refractivity contribution in [3.05, 3.63) is 30.3 Å². The molecule has 0 aliphatic heterocycles. The molecule has 16 heavy (non-hydrogen) atoms. The molecule has 0 amide bonds. The Morgan fingerprint density at radius 3 is 2.31 bits per heavy atom. The van der Waals surface area contributed by atoms with Gasteiger partial charge in [0.25, 0.3) is 0 Å². The largest absolute Gasteiger partial charge is 0.372 e. The third-order valence-electron chi connectivity index (χ3n) is 2.84. The van der Waals surface area contributed by atoms with Crippen LogP contribution >= 0.6 is 12.6 Å². The van der Waals surface area contributed by atoms with Gasteiger partial charge in [0.15, 0.2) is 0 Å². The van der Waals surface area contributed by atoms with Crippen molar-refractivity contribution in [1.29, 1.82) is 0 Å². The lowest BCUT2D eigenvalue weighted by Gasteiger charge is -2.22. The number of unbranched alkanes of at least 4 members (excludes halogenated alkanes) is 3. The Labute approximate surface area is 105 Å². The summed E-state index contributed by atoms with van der Waals surface area (Å²) >= 11 is 4.23. The molecule has 1 nitrogen and oxygen atoms in total. The van der Waals surface area contributed by atoms with Gasteiger partial charge >= 0.3 is 0 Å². The van der Waals surface area contributed by atoms with Crippen molar-refractivity contribution in [3.8, 4) is 0 Å². The standard InChI is InChI=1S/C14H23NS/c1-2-15(12-8-3-4-9-13-16)14-10-6-5-7-11-14/h5-7,10-11,16H,2-4,8-9,12-13H2,1H3. The number of nitrogens with zero attached hydrogens (tertiary/aromatic N) is 1. The zero-order valence-electron chi connectivity index (χ0n) is 10.2. The third kappa shape index (κ3) is 4.93. The molecule has 0 bridgehead atoms. The van der Waals surface area contributed by atoms with E-state index in [1.54, 1.807) is 0 Å². The molecule has 2 heteroatoms. The summed E-state index contributed by atoms with van der Waals surface area (Å²) in [6.07, 6.45) is 5.18. The molecule has 0 fully saturated rings. The molecule has 1 aromatic rings. The van der Waals surface area contributed by atoms with Crippen molar-refractivity contribution >= 4 is 18.3 Å². The number of hydrogen-bond donors (Lipinski definition) is 1. The summed E-state index contributed by atoms with van der Waals surface area (Å²) in [6.45, 7) is 4.49. The zero-order chi connectivity index (χ0) is 11.6. The first-order valence-electron chi connectivity index (χ1n) is 6.29. The molecule has 0 atom stereocenters. The second-order valence-corrected chi connectivity index (χ2v) is 4.50. The van der Waals surface area contributed by atoms with Crippen LogP contribution in [0.15, 0.2) is 30.3 Å². The Hall–Kier alpha value is -0.630. The Morgan fingerprint density at radius 2 is 1.69 bits per heavy atom. The molecule has 0 saturated heterocycles. The lowest BCUT2D eigenvalue weighted by Crippen LogP contribution is -2.23. The molecular formula is C14H23NS. The molecule has 0 aliphatic carbocycles. The quantitative estimate of drug-likeness (QED) is 0.528. The van der Waals surface area contributed by atoms with E-state index in [9.17, 15) is 0 Å². The van der Waals surface area contributed by atoms with Crippen LogP contribution in [0.2, 0.25) is 0 Å². The number of anilines is 1. The fraction of sp³-hybridized carbons (Fsp3) is 0.571. The van der Waals surface area contributed by atoms with Crippen LogP contribution < -0.4 is 4.90 Å². The van der Waals surface area contributed by atoms with Crippen molar-refractivity contribution in [2.24, 2.45) is 0 Å². The minimum absolute atomic E-state index is 1.02. The van der Waals surface area contributed by atoms with E-state index in [1.165, 1.54) is 37.9 Å². The van der Waals surface area contributed by atoms with Crippen LogP contribution in [0.25, 0.3) is 0 Å². The van der Waals surface area contributed by atoms with Gasteiger partial charge in [0.2, 0.25) is 0 Å². The lowest BCUT2D eigenvalue weighted by atomic mass is 10.2. The zero-order valence-corrected chi connectivity index (χ0v) is 11.1. The van der Waals surface area contributed by atoms with Crippen molar-refractivity contribution < 1.29 is 0 Å². The highest BCUT2D eigenvalue weighted by Gasteiger charge is 2.02. The van der Waals surface area contributed by atoms with Gasteiger partial charge in [-0.05, 0) is 37.7 Å². The van der Waals surface area contributed by atoms with E-state index in [-0.39, 0.29) is 0 Å². The SMILES string of the molecule is CCN(CCCCCCS)c1ccccc1. The maximum absolute atomic E-state index is 4.23. The molecule has 0 aliphatic rings. The first-order valence-corrected chi connectivity index (χ1v) is 6.92. The average molecular weight is 237 g/mol. The van der Waals surface area contributed by atoms with Crippen LogP contribution in [0.4, 0.5) is 5.69 Å². The smallest absolute Gasteiger partial charge is 0.0366 e. The highest BCUT2D eigenvalue weighted by atomic mass is 32.1. The van der Waals surface area contributed by atoms with E-state index in [1.807, 2.05) is 0 Å². The molecule has 0 N–H and O–H groups in total. The fourth-order valence-corrected chi connectivity index (χ4v) is 2.10. The number of rotatable bonds is 8. The molecule has 1 rings (SSSR count). The number of para-hydroxylation sites is 1. The topological polar surface area (TPSA) is 3.24 Å². The van der Waals surface area contributed by atoms with Gasteiger partial charge in [-0.3, -0.25) is 0 Å². The van der Waals surface area contributed by atoms with E-state index < -0.39 is 0 Å². The number of thiol groups is 1. The van der Waals surface area contributed by atoms with Crippen LogP contribution in [-0.4, -0.2) is 18.8 Å². The van der Waals surface area contributed by atoms with Gasteiger partial charge < -0.3 is 4.90 Å². The lowest BCUT2D eigenvalue weighted by molar-refractivity contribution is 0.652. The summed E-state index contributed by atoms with van der Waals surface area (Å²) in [7, 11) is 0.